The van der Waals surface area contributed by atoms with Crippen LogP contribution in [-0.2, 0) is 4.79 Å². The van der Waals surface area contributed by atoms with E-state index >= 15 is 0 Å². The highest BCUT2D eigenvalue weighted by Gasteiger charge is 1.99. The lowest BCUT2D eigenvalue weighted by atomic mass is 10.6. The van der Waals surface area contributed by atoms with Crippen molar-refractivity contribution in [1.29, 1.82) is 5.41 Å². The van der Waals surface area contributed by atoms with E-state index in [1.54, 1.807) is 6.92 Å². The van der Waals surface area contributed by atoms with Gasteiger partial charge in [-0.15, -0.1) is 0 Å². The molecule has 0 aromatic heterocycles. The lowest BCUT2D eigenvalue weighted by Crippen LogP contribution is -2.07. The Kier molecular flexibility index (Phi) is 2.47. The van der Waals surface area contributed by atoms with E-state index in [0.717, 1.165) is 0 Å². The fourth-order valence-corrected chi connectivity index (χ4v) is 0.184. The number of hydrogen-bond donors (Lipinski definition) is 2. The van der Waals surface area contributed by atoms with Gasteiger partial charge >= 0.3 is 5.97 Å². The van der Waals surface area contributed by atoms with Gasteiger partial charge in [0.2, 0.25) is 5.84 Å². The molecule has 0 aliphatic rings. The quantitative estimate of drug-likeness (QED) is 0.347. The molecular weight excluding hydrogens is 108 g/mol. The van der Waals surface area contributed by atoms with E-state index in [0.29, 0.717) is 0 Å². The molecule has 0 aromatic rings. The van der Waals surface area contributed by atoms with E-state index < -0.39 is 11.8 Å². The van der Waals surface area contributed by atoms with Crippen LogP contribution in [0.15, 0.2) is 4.99 Å². The molecule has 0 saturated carbocycles. The Morgan fingerprint density at radius 2 is 2.38 bits per heavy atom. The summed E-state index contributed by atoms with van der Waals surface area (Å²) >= 11 is 0. The van der Waals surface area contributed by atoms with Crippen molar-refractivity contribution in [3.8, 4) is 0 Å². The molecule has 4 nitrogen and oxygen atoms in total. The molecule has 0 unspecified atom stereocenters. The summed E-state index contributed by atoms with van der Waals surface area (Å²) in [6.45, 7) is 1.55. The van der Waals surface area contributed by atoms with Crippen LogP contribution in [0.2, 0.25) is 0 Å². The molecule has 0 aliphatic carbocycles. The molecule has 8 heavy (non-hydrogen) atoms. The number of hydrogen-bond acceptors (Lipinski definition) is 2. The van der Waals surface area contributed by atoms with Gasteiger partial charge in [-0.05, 0) is 6.92 Å². The molecule has 0 heterocycles. The van der Waals surface area contributed by atoms with Crippen molar-refractivity contribution in [1.82, 2.24) is 0 Å². The van der Waals surface area contributed by atoms with Crippen molar-refractivity contribution in [2.24, 2.45) is 4.99 Å². The molecule has 0 spiro atoms. The zero-order chi connectivity index (χ0) is 6.57. The van der Waals surface area contributed by atoms with Crippen LogP contribution in [0.1, 0.15) is 6.92 Å². The number of carboxylic acids is 1. The fourth-order valence-electron chi connectivity index (χ4n) is 0.184. The first-order valence-corrected chi connectivity index (χ1v) is 1.99. The molecule has 0 radical (unpaired) electrons. The van der Waals surface area contributed by atoms with Gasteiger partial charge in [0.1, 0.15) is 0 Å². The van der Waals surface area contributed by atoms with Gasteiger partial charge in [-0.1, -0.05) is 0 Å². The van der Waals surface area contributed by atoms with Gasteiger partial charge in [-0.2, -0.15) is 0 Å². The maximum atomic E-state index is 9.75. The normalized spacial score (nSPS) is 9.62. The highest BCUT2D eigenvalue weighted by Crippen LogP contribution is 1.71. The van der Waals surface area contributed by atoms with Gasteiger partial charge < -0.3 is 5.11 Å². The molecular formula is C4H6N2O2. The summed E-state index contributed by atoms with van der Waals surface area (Å²) in [5.41, 5.74) is 0. The van der Waals surface area contributed by atoms with E-state index in [1.165, 1.54) is 6.21 Å². The van der Waals surface area contributed by atoms with Crippen molar-refractivity contribution in [2.75, 3.05) is 0 Å². The topological polar surface area (TPSA) is 73.5 Å². The molecule has 0 aromatic carbocycles. The summed E-state index contributed by atoms with van der Waals surface area (Å²) in [5, 5.41) is 14.5. The van der Waals surface area contributed by atoms with Crippen molar-refractivity contribution < 1.29 is 9.90 Å². The number of carboxylic acid groups (broad SMARTS) is 1. The second-order valence-corrected chi connectivity index (χ2v) is 1.04. The van der Waals surface area contributed by atoms with Crippen molar-refractivity contribution in [3.05, 3.63) is 0 Å². The molecule has 0 fully saturated rings. The summed E-state index contributed by atoms with van der Waals surface area (Å²) in [6.07, 6.45) is 1.26. The average Bonchev–Trinajstić information content (AvgIpc) is 1.67. The minimum atomic E-state index is -1.30. The number of aliphatic imine (C=N–C) groups is 1. The van der Waals surface area contributed by atoms with Gasteiger partial charge in [0.25, 0.3) is 0 Å². The van der Waals surface area contributed by atoms with Crippen molar-refractivity contribution in [2.45, 2.75) is 6.92 Å². The number of carbonyl (C=O) groups is 1. The van der Waals surface area contributed by atoms with Crippen LogP contribution in [-0.4, -0.2) is 23.1 Å². The molecule has 0 bridgehead atoms. The maximum absolute atomic E-state index is 9.75. The zero-order valence-corrected chi connectivity index (χ0v) is 4.38. The molecule has 44 valence electrons. The maximum Gasteiger partial charge on any atom is 0.373 e. The summed E-state index contributed by atoms with van der Waals surface area (Å²) in [6, 6.07) is 0. The first-order valence-electron chi connectivity index (χ1n) is 1.99. The third-order valence-electron chi connectivity index (χ3n) is 0.461. The molecule has 0 atom stereocenters. The Balaban J connectivity index is 3.85. The van der Waals surface area contributed by atoms with Crippen LogP contribution < -0.4 is 0 Å². The van der Waals surface area contributed by atoms with Crippen LogP contribution in [0.5, 0.6) is 0 Å². The van der Waals surface area contributed by atoms with Gasteiger partial charge in [0.15, 0.2) is 0 Å². The first kappa shape index (κ1) is 6.81. The van der Waals surface area contributed by atoms with E-state index in [-0.39, 0.29) is 0 Å². The van der Waals surface area contributed by atoms with E-state index in [1.807, 2.05) is 0 Å². The largest absolute Gasteiger partial charge is 0.475 e. The summed E-state index contributed by atoms with van der Waals surface area (Å²) in [7, 11) is 0. The SMILES string of the molecule is CC=NC(=N)C(=O)O. The van der Waals surface area contributed by atoms with Crippen LogP contribution in [0.3, 0.4) is 0 Å². The Hall–Kier alpha value is -1.19. The van der Waals surface area contributed by atoms with Crippen molar-refractivity contribution >= 4 is 18.0 Å². The molecule has 0 rings (SSSR count). The average molecular weight is 114 g/mol. The van der Waals surface area contributed by atoms with E-state index in [4.69, 9.17) is 10.5 Å². The lowest BCUT2D eigenvalue weighted by Gasteiger charge is -1.82. The van der Waals surface area contributed by atoms with Crippen LogP contribution >= 0.6 is 0 Å². The Bertz CT molecular complexity index is 139. The summed E-state index contributed by atoms with van der Waals surface area (Å²) < 4.78 is 0. The Morgan fingerprint density at radius 1 is 1.88 bits per heavy atom. The van der Waals surface area contributed by atoms with E-state index in [9.17, 15) is 4.79 Å². The first-order chi connectivity index (χ1) is 3.68. The van der Waals surface area contributed by atoms with Gasteiger partial charge in [-0.3, -0.25) is 5.41 Å². The second kappa shape index (κ2) is 2.90. The monoisotopic (exact) mass is 114 g/mol. The van der Waals surface area contributed by atoms with E-state index in [2.05, 4.69) is 4.99 Å². The highest BCUT2D eigenvalue weighted by atomic mass is 16.4. The standard InChI is InChI=1S/C4H6N2O2/c1-2-6-3(5)4(7)8/h2,5H,1H3,(H,7,8). The zero-order valence-electron chi connectivity index (χ0n) is 4.38. The van der Waals surface area contributed by atoms with Gasteiger partial charge in [0, 0.05) is 6.21 Å². The van der Waals surface area contributed by atoms with Crippen molar-refractivity contribution in [3.63, 3.8) is 0 Å². The molecule has 4 heteroatoms. The summed E-state index contributed by atoms with van der Waals surface area (Å²) in [5.74, 6) is -1.93. The smallest absolute Gasteiger partial charge is 0.373 e. The fraction of sp³-hybridized carbons (Fsp3) is 0.250. The Morgan fingerprint density at radius 3 is 2.50 bits per heavy atom. The predicted molar refractivity (Wildman–Crippen MR) is 29.5 cm³/mol. The molecule has 0 saturated heterocycles. The molecule has 0 aliphatic heterocycles. The predicted octanol–water partition coefficient (Wildman–Crippen LogP) is 0.139. The second-order valence-electron chi connectivity index (χ2n) is 1.04. The summed E-state index contributed by atoms with van der Waals surface area (Å²) in [4.78, 5) is 12.9. The minimum absolute atomic E-state index is 0.632. The third kappa shape index (κ3) is 2.07. The third-order valence-corrected chi connectivity index (χ3v) is 0.461. The molecule has 2 N–H and O–H groups in total. The number of rotatable bonds is 0. The Labute approximate surface area is 46.4 Å². The number of amidine groups is 1. The number of nitrogens with zero attached hydrogens (tertiary/aromatic N) is 1. The van der Waals surface area contributed by atoms with Crippen LogP contribution in [0.25, 0.3) is 0 Å². The van der Waals surface area contributed by atoms with Crippen LogP contribution in [0.4, 0.5) is 0 Å². The molecule has 0 amide bonds. The lowest BCUT2D eigenvalue weighted by molar-refractivity contribution is -0.129. The number of nitrogens with one attached hydrogen (secondary N) is 1. The van der Waals surface area contributed by atoms with Gasteiger partial charge in [-0.25, -0.2) is 9.79 Å². The minimum Gasteiger partial charge on any atom is -0.475 e. The van der Waals surface area contributed by atoms with Gasteiger partial charge in [0.05, 0.1) is 0 Å². The highest BCUT2D eigenvalue weighted by molar-refractivity contribution is 6.34. The van der Waals surface area contributed by atoms with Crippen LogP contribution in [0, 0.1) is 5.41 Å². The number of aliphatic carboxylic acids is 1.